The van der Waals surface area contributed by atoms with E-state index < -0.39 is 47.0 Å². The topological polar surface area (TPSA) is 149 Å². The number of alkyl carbamates (subject to hydrolysis) is 1. The zero-order valence-corrected chi connectivity index (χ0v) is 23.2. The highest BCUT2D eigenvalue weighted by Crippen LogP contribution is 2.28. The summed E-state index contributed by atoms with van der Waals surface area (Å²) in [5.74, 6) is -1.09. The van der Waals surface area contributed by atoms with Crippen molar-refractivity contribution in [1.82, 2.24) is 21.3 Å². The number of nitrogens with zero attached hydrogens (tertiary/aromatic N) is 1. The first-order chi connectivity index (χ1) is 17.2. The van der Waals surface area contributed by atoms with Crippen molar-refractivity contribution in [3.63, 3.8) is 0 Å². The highest BCUT2D eigenvalue weighted by molar-refractivity contribution is 5.92. The van der Waals surface area contributed by atoms with E-state index in [2.05, 4.69) is 27.3 Å². The fourth-order valence-corrected chi connectivity index (χ4v) is 4.91. The molecule has 1 saturated carbocycles. The molecule has 2 rings (SSSR count). The maximum absolute atomic E-state index is 13.4. The Hall–Kier alpha value is -2.83. The van der Waals surface area contributed by atoms with E-state index in [-0.39, 0.29) is 24.2 Å². The number of rotatable bonds is 9. The standard InChI is InChI=1S/C27H45N5O5/c1-26(2,3)21(32-25(36)37-27(4,5)6)24(35)31-20(14-17-10-8-7-9-11-17)23(34)30-19(16-28)15-18-12-13-29-22(18)33/h17-21H,7-15H2,1-6H3,(H,29,33)(H,30,34)(H,31,35)(H,32,36)/t18-,19-,20-,21+/m0/s1. The number of carbonyl (C=O) groups is 4. The van der Waals surface area contributed by atoms with Gasteiger partial charge in [-0.25, -0.2) is 4.79 Å². The Bertz CT molecular complexity index is 864. The minimum Gasteiger partial charge on any atom is -0.444 e. The van der Waals surface area contributed by atoms with Crippen molar-refractivity contribution in [3.8, 4) is 6.07 Å². The van der Waals surface area contributed by atoms with Crippen LogP contribution in [0.4, 0.5) is 4.79 Å². The van der Waals surface area contributed by atoms with Crippen molar-refractivity contribution in [2.75, 3.05) is 6.54 Å². The van der Waals surface area contributed by atoms with Gasteiger partial charge in [-0.3, -0.25) is 14.4 Å². The van der Waals surface area contributed by atoms with Crippen LogP contribution in [0.1, 0.15) is 92.9 Å². The molecule has 1 saturated heterocycles. The first-order valence-electron chi connectivity index (χ1n) is 13.5. The van der Waals surface area contributed by atoms with Crippen LogP contribution in [0, 0.1) is 28.6 Å². The van der Waals surface area contributed by atoms with E-state index in [1.807, 2.05) is 20.8 Å². The lowest BCUT2D eigenvalue weighted by Crippen LogP contribution is -2.59. The summed E-state index contributed by atoms with van der Waals surface area (Å²) < 4.78 is 5.35. The molecule has 2 aliphatic rings. The van der Waals surface area contributed by atoms with Crippen molar-refractivity contribution >= 4 is 23.8 Å². The molecule has 10 nitrogen and oxygen atoms in total. The van der Waals surface area contributed by atoms with Gasteiger partial charge in [0.15, 0.2) is 0 Å². The van der Waals surface area contributed by atoms with Gasteiger partial charge in [-0.15, -0.1) is 0 Å². The summed E-state index contributed by atoms with van der Waals surface area (Å²) in [6.07, 6.45) is 5.85. The number of hydrogen-bond donors (Lipinski definition) is 4. The Morgan fingerprint density at radius 2 is 1.62 bits per heavy atom. The van der Waals surface area contributed by atoms with Gasteiger partial charge in [-0.1, -0.05) is 52.9 Å². The van der Waals surface area contributed by atoms with Gasteiger partial charge in [0.05, 0.1) is 6.07 Å². The Morgan fingerprint density at radius 3 is 2.14 bits per heavy atom. The predicted octanol–water partition coefficient (Wildman–Crippen LogP) is 2.92. The molecule has 4 atom stereocenters. The first-order valence-corrected chi connectivity index (χ1v) is 13.5. The van der Waals surface area contributed by atoms with E-state index in [0.29, 0.717) is 19.4 Å². The van der Waals surface area contributed by atoms with Crippen LogP contribution >= 0.6 is 0 Å². The molecule has 4 N–H and O–H groups in total. The molecule has 10 heteroatoms. The zero-order chi connectivity index (χ0) is 27.8. The number of carbonyl (C=O) groups excluding carboxylic acids is 4. The second-order valence-electron chi connectivity index (χ2n) is 12.4. The lowest BCUT2D eigenvalue weighted by molar-refractivity contribution is -0.132. The second kappa shape index (κ2) is 13.1. The zero-order valence-electron chi connectivity index (χ0n) is 23.2. The van der Waals surface area contributed by atoms with E-state index in [9.17, 15) is 24.4 Å². The average molecular weight is 520 g/mol. The van der Waals surface area contributed by atoms with Gasteiger partial charge in [0.25, 0.3) is 0 Å². The molecule has 1 aliphatic heterocycles. The Labute approximate surface area is 221 Å². The van der Waals surface area contributed by atoms with Crippen LogP contribution in [0.15, 0.2) is 0 Å². The van der Waals surface area contributed by atoms with Crippen LogP contribution in [-0.4, -0.2) is 54.1 Å². The fraction of sp³-hybridized carbons (Fsp3) is 0.815. The van der Waals surface area contributed by atoms with Crippen LogP contribution in [0.2, 0.25) is 0 Å². The second-order valence-corrected chi connectivity index (χ2v) is 12.4. The third-order valence-corrected chi connectivity index (χ3v) is 6.87. The summed E-state index contributed by atoms with van der Waals surface area (Å²) in [4.78, 5) is 51.2. The SMILES string of the molecule is CC(C)(C)OC(=O)N[C@H](C(=O)N[C@@H](CC1CCCCC1)C(=O)N[C@H](C#N)C[C@@H]1CCNC1=O)C(C)(C)C. The van der Waals surface area contributed by atoms with Gasteiger partial charge in [0.2, 0.25) is 17.7 Å². The average Bonchev–Trinajstić information content (AvgIpc) is 3.19. The van der Waals surface area contributed by atoms with Crippen LogP contribution < -0.4 is 21.3 Å². The minimum atomic E-state index is -0.946. The summed E-state index contributed by atoms with van der Waals surface area (Å²) in [6, 6.07) is -0.566. The van der Waals surface area contributed by atoms with Crippen molar-refractivity contribution in [3.05, 3.63) is 0 Å². The molecular weight excluding hydrogens is 474 g/mol. The number of amides is 4. The lowest BCUT2D eigenvalue weighted by Gasteiger charge is -2.33. The molecule has 0 aromatic heterocycles. The molecule has 208 valence electrons. The molecule has 0 aromatic carbocycles. The van der Waals surface area contributed by atoms with Crippen LogP contribution in [0.3, 0.4) is 0 Å². The van der Waals surface area contributed by atoms with E-state index >= 15 is 0 Å². The third-order valence-electron chi connectivity index (χ3n) is 6.87. The van der Waals surface area contributed by atoms with E-state index in [1.165, 1.54) is 0 Å². The molecule has 1 heterocycles. The molecule has 0 aromatic rings. The maximum Gasteiger partial charge on any atom is 0.408 e. The molecule has 0 unspecified atom stereocenters. The smallest absolute Gasteiger partial charge is 0.408 e. The van der Waals surface area contributed by atoms with Crippen LogP contribution in [0.25, 0.3) is 0 Å². The molecule has 0 bridgehead atoms. The molecule has 1 aliphatic carbocycles. The monoisotopic (exact) mass is 519 g/mol. The van der Waals surface area contributed by atoms with Crippen LogP contribution in [-0.2, 0) is 19.1 Å². The Morgan fingerprint density at radius 1 is 0.973 bits per heavy atom. The lowest BCUT2D eigenvalue weighted by atomic mass is 9.83. The molecule has 0 radical (unpaired) electrons. The third kappa shape index (κ3) is 10.2. The number of ether oxygens (including phenoxy) is 1. The minimum absolute atomic E-state index is 0.109. The highest BCUT2D eigenvalue weighted by Gasteiger charge is 2.37. The number of nitriles is 1. The molecule has 0 spiro atoms. The summed E-state index contributed by atoms with van der Waals surface area (Å²) in [5.41, 5.74) is -1.38. The molecule has 2 fully saturated rings. The van der Waals surface area contributed by atoms with E-state index in [4.69, 9.17) is 4.74 Å². The number of hydrogen-bond acceptors (Lipinski definition) is 6. The quantitative estimate of drug-likeness (QED) is 0.368. The summed E-state index contributed by atoms with van der Waals surface area (Å²) in [5, 5.41) is 20.7. The first kappa shape index (κ1) is 30.4. The Kier molecular flexibility index (Phi) is 10.8. The fourth-order valence-electron chi connectivity index (χ4n) is 4.91. The van der Waals surface area contributed by atoms with Crippen molar-refractivity contribution in [2.24, 2.45) is 17.3 Å². The normalized spacial score (nSPS) is 21.1. The summed E-state index contributed by atoms with van der Waals surface area (Å²) in [6.45, 7) is 11.3. The van der Waals surface area contributed by atoms with Gasteiger partial charge in [0.1, 0.15) is 23.7 Å². The van der Waals surface area contributed by atoms with E-state index in [0.717, 1.165) is 32.1 Å². The highest BCUT2D eigenvalue weighted by atomic mass is 16.6. The van der Waals surface area contributed by atoms with Crippen molar-refractivity contribution < 1.29 is 23.9 Å². The van der Waals surface area contributed by atoms with Gasteiger partial charge in [-0.2, -0.15) is 5.26 Å². The molecule has 37 heavy (non-hydrogen) atoms. The molecular formula is C27H45N5O5. The summed E-state index contributed by atoms with van der Waals surface area (Å²) in [7, 11) is 0. The summed E-state index contributed by atoms with van der Waals surface area (Å²) >= 11 is 0. The van der Waals surface area contributed by atoms with Crippen LogP contribution in [0.5, 0.6) is 0 Å². The van der Waals surface area contributed by atoms with Crippen molar-refractivity contribution in [2.45, 2.75) is 117 Å². The van der Waals surface area contributed by atoms with Crippen molar-refractivity contribution in [1.29, 1.82) is 5.26 Å². The van der Waals surface area contributed by atoms with Gasteiger partial charge >= 0.3 is 6.09 Å². The molecule has 4 amide bonds. The van der Waals surface area contributed by atoms with Gasteiger partial charge in [0, 0.05) is 12.5 Å². The van der Waals surface area contributed by atoms with E-state index in [1.54, 1.807) is 20.8 Å². The predicted molar refractivity (Wildman–Crippen MR) is 139 cm³/mol. The number of nitrogens with one attached hydrogen (secondary N) is 4. The van der Waals surface area contributed by atoms with Gasteiger partial charge in [-0.05, 0) is 51.4 Å². The largest absolute Gasteiger partial charge is 0.444 e. The van der Waals surface area contributed by atoms with Gasteiger partial charge < -0.3 is 26.0 Å². The Balaban J connectivity index is 2.16. The maximum atomic E-state index is 13.4.